The number of halogens is 1. The molecule has 0 fully saturated rings. The summed E-state index contributed by atoms with van der Waals surface area (Å²) in [7, 11) is 1.39. The molecule has 2 heterocycles. The molecule has 128 valence electrons. The molecule has 2 N–H and O–H groups in total. The Hall–Kier alpha value is -2.64. The second kappa shape index (κ2) is 7.29. The minimum absolute atomic E-state index is 0.132. The highest BCUT2D eigenvalue weighted by molar-refractivity contribution is 5.89. The zero-order chi connectivity index (χ0) is 16.9. The number of rotatable bonds is 4. The van der Waals surface area contributed by atoms with Crippen LogP contribution in [-0.2, 0) is 19.5 Å². The molecule has 7 nitrogen and oxygen atoms in total. The molecule has 2 amide bonds. The molecule has 1 aromatic carbocycles. The lowest BCUT2D eigenvalue weighted by molar-refractivity contribution is 0.251. The maximum atomic E-state index is 13.6. The van der Waals surface area contributed by atoms with Gasteiger partial charge in [0.2, 0.25) is 0 Å². The zero-order valence-corrected chi connectivity index (χ0v) is 13.5. The van der Waals surface area contributed by atoms with Gasteiger partial charge in [-0.05, 0) is 25.0 Å². The number of hydrogen-bond acceptors (Lipinski definition) is 4. The SMILES string of the molecule is COc1ccc(NC(=O)NCc2nnc3n2CCCCC3)cc1F. The van der Waals surface area contributed by atoms with E-state index in [1.165, 1.54) is 25.7 Å². The molecule has 0 atom stereocenters. The summed E-state index contributed by atoms with van der Waals surface area (Å²) in [5.74, 6) is 1.31. The van der Waals surface area contributed by atoms with Crippen molar-refractivity contribution in [2.75, 3.05) is 12.4 Å². The van der Waals surface area contributed by atoms with Crippen LogP contribution in [0.4, 0.5) is 14.9 Å². The second-order valence-electron chi connectivity index (χ2n) is 5.65. The number of nitrogens with one attached hydrogen (secondary N) is 2. The molecule has 0 aliphatic carbocycles. The highest BCUT2D eigenvalue weighted by atomic mass is 19.1. The van der Waals surface area contributed by atoms with Crippen molar-refractivity contribution < 1.29 is 13.9 Å². The number of carbonyl (C=O) groups is 1. The van der Waals surface area contributed by atoms with Crippen molar-refractivity contribution in [3.63, 3.8) is 0 Å². The van der Waals surface area contributed by atoms with E-state index in [0.29, 0.717) is 5.69 Å². The van der Waals surface area contributed by atoms with E-state index in [-0.39, 0.29) is 12.3 Å². The van der Waals surface area contributed by atoms with Gasteiger partial charge in [0.15, 0.2) is 17.4 Å². The van der Waals surface area contributed by atoms with Crippen molar-refractivity contribution in [2.45, 2.75) is 38.8 Å². The van der Waals surface area contributed by atoms with Gasteiger partial charge in [-0.3, -0.25) is 0 Å². The third-order valence-electron chi connectivity index (χ3n) is 4.00. The van der Waals surface area contributed by atoms with Gasteiger partial charge in [0, 0.05) is 24.7 Å². The van der Waals surface area contributed by atoms with E-state index in [2.05, 4.69) is 25.4 Å². The van der Waals surface area contributed by atoms with Crippen molar-refractivity contribution in [1.82, 2.24) is 20.1 Å². The average Bonchev–Trinajstić information content (AvgIpc) is 2.80. The van der Waals surface area contributed by atoms with Gasteiger partial charge in [-0.25, -0.2) is 9.18 Å². The number of nitrogens with zero attached hydrogens (tertiary/aromatic N) is 3. The predicted molar refractivity (Wildman–Crippen MR) is 86.4 cm³/mol. The lowest BCUT2D eigenvalue weighted by atomic mass is 10.2. The molecule has 8 heteroatoms. The summed E-state index contributed by atoms with van der Waals surface area (Å²) in [6, 6.07) is 3.82. The fraction of sp³-hybridized carbons (Fsp3) is 0.438. The van der Waals surface area contributed by atoms with Crippen LogP contribution in [0.3, 0.4) is 0 Å². The Bertz CT molecular complexity index is 731. The highest BCUT2D eigenvalue weighted by Gasteiger charge is 2.15. The lowest BCUT2D eigenvalue weighted by Gasteiger charge is -2.10. The van der Waals surface area contributed by atoms with Gasteiger partial charge >= 0.3 is 6.03 Å². The van der Waals surface area contributed by atoms with Crippen LogP contribution < -0.4 is 15.4 Å². The molecule has 24 heavy (non-hydrogen) atoms. The van der Waals surface area contributed by atoms with Crippen LogP contribution in [0, 0.1) is 5.82 Å². The Kier molecular flexibility index (Phi) is 4.93. The maximum Gasteiger partial charge on any atom is 0.319 e. The Morgan fingerprint density at radius 2 is 2.21 bits per heavy atom. The largest absolute Gasteiger partial charge is 0.494 e. The van der Waals surface area contributed by atoms with E-state index >= 15 is 0 Å². The number of urea groups is 1. The first kappa shape index (κ1) is 16.2. The quantitative estimate of drug-likeness (QED) is 0.901. The number of anilines is 1. The van der Waals surface area contributed by atoms with E-state index in [9.17, 15) is 9.18 Å². The Morgan fingerprint density at radius 1 is 1.33 bits per heavy atom. The standard InChI is InChI=1S/C16H20FN5O2/c1-24-13-7-6-11(9-12(13)17)19-16(23)18-10-15-21-20-14-5-3-2-4-8-22(14)15/h6-7,9H,2-5,8,10H2,1H3,(H2,18,19,23). The molecule has 2 aromatic rings. The van der Waals surface area contributed by atoms with E-state index < -0.39 is 11.8 Å². The number of benzene rings is 1. The molecule has 1 aliphatic heterocycles. The normalized spacial score (nSPS) is 13.8. The first-order chi connectivity index (χ1) is 11.7. The third-order valence-corrected chi connectivity index (χ3v) is 4.00. The third kappa shape index (κ3) is 3.64. The lowest BCUT2D eigenvalue weighted by Crippen LogP contribution is -2.29. The van der Waals surface area contributed by atoms with Crippen LogP contribution >= 0.6 is 0 Å². The summed E-state index contributed by atoms with van der Waals surface area (Å²) in [5.41, 5.74) is 0.353. The number of fused-ring (bicyclic) bond motifs is 1. The van der Waals surface area contributed by atoms with Crippen molar-refractivity contribution >= 4 is 11.7 Å². The molecule has 0 radical (unpaired) electrons. The summed E-state index contributed by atoms with van der Waals surface area (Å²) in [4.78, 5) is 12.0. The van der Waals surface area contributed by atoms with Crippen molar-refractivity contribution in [1.29, 1.82) is 0 Å². The molecule has 0 spiro atoms. The summed E-state index contributed by atoms with van der Waals surface area (Å²) in [6.07, 6.45) is 4.31. The van der Waals surface area contributed by atoms with E-state index in [1.807, 2.05) is 0 Å². The Balaban J connectivity index is 1.58. The fourth-order valence-corrected chi connectivity index (χ4v) is 2.75. The minimum atomic E-state index is -0.530. The van der Waals surface area contributed by atoms with E-state index in [4.69, 9.17) is 4.74 Å². The number of aromatic nitrogens is 3. The average molecular weight is 333 g/mol. The first-order valence-corrected chi connectivity index (χ1v) is 7.96. The van der Waals surface area contributed by atoms with Crippen LogP contribution in [-0.4, -0.2) is 27.9 Å². The molecule has 0 saturated carbocycles. The van der Waals surface area contributed by atoms with E-state index in [0.717, 1.165) is 37.5 Å². The fourth-order valence-electron chi connectivity index (χ4n) is 2.75. The molecular formula is C16H20FN5O2. The van der Waals surface area contributed by atoms with Gasteiger partial charge in [-0.15, -0.1) is 10.2 Å². The summed E-state index contributed by atoms with van der Waals surface area (Å²) in [6.45, 7) is 1.15. The Labute approximate surface area is 139 Å². The van der Waals surface area contributed by atoms with Crippen molar-refractivity contribution in [3.05, 3.63) is 35.7 Å². The van der Waals surface area contributed by atoms with Crippen LogP contribution in [0.15, 0.2) is 18.2 Å². The molecule has 0 bridgehead atoms. The van der Waals surface area contributed by atoms with Gasteiger partial charge in [0.1, 0.15) is 5.82 Å². The number of hydrogen-bond donors (Lipinski definition) is 2. The number of carbonyl (C=O) groups excluding carboxylic acids is 1. The van der Waals surface area contributed by atoms with Crippen LogP contribution in [0.5, 0.6) is 5.75 Å². The number of methoxy groups -OCH3 is 1. The second-order valence-corrected chi connectivity index (χ2v) is 5.65. The van der Waals surface area contributed by atoms with Gasteiger partial charge in [0.05, 0.1) is 13.7 Å². The number of amides is 2. The number of ether oxygens (including phenoxy) is 1. The molecular weight excluding hydrogens is 313 g/mol. The summed E-state index contributed by atoms with van der Waals surface area (Å²) < 4.78 is 20.5. The zero-order valence-electron chi connectivity index (χ0n) is 13.5. The van der Waals surface area contributed by atoms with E-state index in [1.54, 1.807) is 6.07 Å². The van der Waals surface area contributed by atoms with Gasteiger partial charge in [-0.1, -0.05) is 6.42 Å². The first-order valence-electron chi connectivity index (χ1n) is 7.96. The predicted octanol–water partition coefficient (Wildman–Crippen LogP) is 2.47. The molecule has 1 aromatic heterocycles. The molecule has 3 rings (SSSR count). The van der Waals surface area contributed by atoms with Crippen LogP contribution in [0.1, 0.15) is 30.9 Å². The van der Waals surface area contributed by atoms with Gasteiger partial charge in [0.25, 0.3) is 0 Å². The molecule has 0 unspecified atom stereocenters. The smallest absolute Gasteiger partial charge is 0.319 e. The van der Waals surface area contributed by atoms with Gasteiger partial charge in [-0.2, -0.15) is 0 Å². The topological polar surface area (TPSA) is 81.1 Å². The number of aryl methyl sites for hydroxylation is 1. The summed E-state index contributed by atoms with van der Waals surface area (Å²) >= 11 is 0. The van der Waals surface area contributed by atoms with Crippen molar-refractivity contribution in [2.24, 2.45) is 0 Å². The molecule has 1 aliphatic rings. The summed E-state index contributed by atoms with van der Waals surface area (Å²) in [5, 5.41) is 13.6. The van der Waals surface area contributed by atoms with Crippen LogP contribution in [0.2, 0.25) is 0 Å². The molecule has 0 saturated heterocycles. The monoisotopic (exact) mass is 333 g/mol. The minimum Gasteiger partial charge on any atom is -0.494 e. The Morgan fingerprint density at radius 3 is 3.00 bits per heavy atom. The maximum absolute atomic E-state index is 13.6. The van der Waals surface area contributed by atoms with Crippen LogP contribution in [0.25, 0.3) is 0 Å². The van der Waals surface area contributed by atoms with Crippen molar-refractivity contribution in [3.8, 4) is 5.75 Å². The van der Waals surface area contributed by atoms with Gasteiger partial charge < -0.3 is 19.9 Å². The highest BCUT2D eigenvalue weighted by Crippen LogP contribution is 2.20.